The van der Waals surface area contributed by atoms with Gasteiger partial charge in [0.1, 0.15) is 5.82 Å². The summed E-state index contributed by atoms with van der Waals surface area (Å²) in [5.41, 5.74) is 5.65. The minimum atomic E-state index is -2.74. The molecule has 0 amide bonds. The van der Waals surface area contributed by atoms with E-state index in [1.54, 1.807) is 30.3 Å². The Labute approximate surface area is 131 Å². The zero-order valence-electron chi connectivity index (χ0n) is 12.2. The van der Waals surface area contributed by atoms with Crippen LogP contribution in [-0.4, -0.2) is 16.1 Å². The number of alkyl halides is 2. The lowest BCUT2D eigenvalue weighted by Gasteiger charge is -2.14. The summed E-state index contributed by atoms with van der Waals surface area (Å²) in [7, 11) is 0. The van der Waals surface area contributed by atoms with Crippen molar-refractivity contribution in [2.75, 3.05) is 6.54 Å². The molecule has 0 aliphatic carbocycles. The molecule has 0 saturated heterocycles. The molecule has 0 spiro atoms. The Kier molecular flexibility index (Phi) is 4.16. The van der Waals surface area contributed by atoms with E-state index < -0.39 is 12.0 Å². The number of benzene rings is 2. The second-order valence-corrected chi connectivity index (χ2v) is 5.08. The lowest BCUT2D eigenvalue weighted by Crippen LogP contribution is -2.26. The van der Waals surface area contributed by atoms with Crippen molar-refractivity contribution in [3.8, 4) is 5.69 Å². The molecule has 0 aliphatic rings. The molecule has 2 N–H and O–H groups in total. The molecule has 3 rings (SSSR count). The number of hydrogen-bond acceptors (Lipinski definition) is 3. The van der Waals surface area contributed by atoms with Gasteiger partial charge in [0.05, 0.1) is 16.6 Å². The number of hydrogen-bond donors (Lipinski definition) is 1. The molecule has 6 heteroatoms. The largest absolute Gasteiger partial charge is 0.330 e. The maximum atomic E-state index is 13.3. The Morgan fingerprint density at radius 2 is 1.83 bits per heavy atom. The number of nitrogens with zero attached hydrogens (tertiary/aromatic N) is 2. The van der Waals surface area contributed by atoms with E-state index in [-0.39, 0.29) is 16.5 Å². The van der Waals surface area contributed by atoms with Crippen molar-refractivity contribution in [2.24, 2.45) is 5.73 Å². The van der Waals surface area contributed by atoms with Crippen molar-refractivity contribution < 1.29 is 8.78 Å². The van der Waals surface area contributed by atoms with Crippen molar-refractivity contribution >= 4 is 10.9 Å². The van der Waals surface area contributed by atoms with Crippen LogP contribution in [0.3, 0.4) is 0 Å². The van der Waals surface area contributed by atoms with Crippen LogP contribution in [-0.2, 0) is 6.42 Å². The highest BCUT2D eigenvalue weighted by Crippen LogP contribution is 2.25. The van der Waals surface area contributed by atoms with E-state index in [1.807, 2.05) is 6.07 Å². The first-order valence-corrected chi connectivity index (χ1v) is 7.21. The van der Waals surface area contributed by atoms with Crippen LogP contribution in [0.1, 0.15) is 17.8 Å². The third kappa shape index (κ3) is 2.73. The molecule has 2 aromatic carbocycles. The Balaban J connectivity index is 2.41. The molecule has 118 valence electrons. The Bertz CT molecular complexity index is 891. The summed E-state index contributed by atoms with van der Waals surface area (Å²) in [6, 6.07) is 13.1. The zero-order valence-corrected chi connectivity index (χ0v) is 12.2. The van der Waals surface area contributed by atoms with Gasteiger partial charge in [-0.15, -0.1) is 0 Å². The topological polar surface area (TPSA) is 60.9 Å². The Morgan fingerprint density at radius 1 is 1.09 bits per heavy atom. The summed E-state index contributed by atoms with van der Waals surface area (Å²) >= 11 is 0. The van der Waals surface area contributed by atoms with Crippen LogP contribution in [0.5, 0.6) is 0 Å². The van der Waals surface area contributed by atoms with Gasteiger partial charge in [0.15, 0.2) is 0 Å². The SMILES string of the molecule is NCCc1nc2cccc(C(F)F)c2c(=O)n1-c1ccccc1. The minimum Gasteiger partial charge on any atom is -0.330 e. The van der Waals surface area contributed by atoms with Gasteiger partial charge in [-0.2, -0.15) is 0 Å². The van der Waals surface area contributed by atoms with Gasteiger partial charge < -0.3 is 5.73 Å². The molecule has 0 radical (unpaired) electrons. The molecule has 0 bridgehead atoms. The third-order valence-electron chi connectivity index (χ3n) is 3.62. The highest BCUT2D eigenvalue weighted by molar-refractivity contribution is 5.82. The van der Waals surface area contributed by atoms with Gasteiger partial charge in [-0.3, -0.25) is 9.36 Å². The molecule has 1 aromatic heterocycles. The smallest absolute Gasteiger partial charge is 0.266 e. The van der Waals surface area contributed by atoms with Crippen molar-refractivity contribution in [1.82, 2.24) is 9.55 Å². The van der Waals surface area contributed by atoms with Gasteiger partial charge in [-0.1, -0.05) is 30.3 Å². The molecule has 1 heterocycles. The first kappa shape index (κ1) is 15.3. The van der Waals surface area contributed by atoms with Crippen molar-refractivity contribution in [2.45, 2.75) is 12.8 Å². The number of aromatic nitrogens is 2. The molecule has 0 aliphatic heterocycles. The molecule has 0 unspecified atom stereocenters. The van der Waals surface area contributed by atoms with Crippen LogP contribution in [0.4, 0.5) is 8.78 Å². The van der Waals surface area contributed by atoms with E-state index in [0.717, 1.165) is 0 Å². The molecule has 23 heavy (non-hydrogen) atoms. The van der Waals surface area contributed by atoms with Gasteiger partial charge in [0.2, 0.25) is 0 Å². The summed E-state index contributed by atoms with van der Waals surface area (Å²) in [5.74, 6) is 0.461. The molecule has 0 saturated carbocycles. The monoisotopic (exact) mass is 315 g/mol. The zero-order chi connectivity index (χ0) is 16.4. The van der Waals surface area contributed by atoms with E-state index in [9.17, 15) is 13.6 Å². The van der Waals surface area contributed by atoms with E-state index in [1.165, 1.54) is 16.7 Å². The summed E-state index contributed by atoms with van der Waals surface area (Å²) in [6.45, 7) is 0.305. The van der Waals surface area contributed by atoms with E-state index in [2.05, 4.69) is 4.98 Å². The summed E-state index contributed by atoms with van der Waals surface area (Å²) in [4.78, 5) is 17.3. The van der Waals surface area contributed by atoms with Crippen LogP contribution in [0, 0.1) is 0 Å². The fourth-order valence-electron chi connectivity index (χ4n) is 2.62. The predicted octanol–water partition coefficient (Wildman–Crippen LogP) is 2.82. The van der Waals surface area contributed by atoms with Gasteiger partial charge in [0, 0.05) is 12.0 Å². The maximum absolute atomic E-state index is 13.3. The van der Waals surface area contributed by atoms with Crippen LogP contribution in [0.15, 0.2) is 53.3 Å². The second-order valence-electron chi connectivity index (χ2n) is 5.08. The maximum Gasteiger partial charge on any atom is 0.266 e. The molecular formula is C17H15F2N3O. The van der Waals surface area contributed by atoms with E-state index in [4.69, 9.17) is 5.73 Å². The van der Waals surface area contributed by atoms with Crippen LogP contribution in [0.25, 0.3) is 16.6 Å². The number of halogens is 2. The third-order valence-corrected chi connectivity index (χ3v) is 3.62. The quantitative estimate of drug-likeness (QED) is 0.805. The second kappa shape index (κ2) is 6.26. The highest BCUT2D eigenvalue weighted by atomic mass is 19.3. The average molecular weight is 315 g/mol. The van der Waals surface area contributed by atoms with Crippen molar-refractivity contribution in [1.29, 1.82) is 0 Å². The van der Waals surface area contributed by atoms with Crippen molar-refractivity contribution in [3.05, 3.63) is 70.3 Å². The number of nitrogens with two attached hydrogens (primary N) is 1. The number of rotatable bonds is 4. The lowest BCUT2D eigenvalue weighted by molar-refractivity contribution is 0.153. The van der Waals surface area contributed by atoms with Crippen LogP contribution >= 0.6 is 0 Å². The molecule has 3 aromatic rings. The Hall–Kier alpha value is -2.60. The van der Waals surface area contributed by atoms with E-state index >= 15 is 0 Å². The van der Waals surface area contributed by atoms with Crippen LogP contribution in [0.2, 0.25) is 0 Å². The molecular weight excluding hydrogens is 300 g/mol. The fraction of sp³-hybridized carbons (Fsp3) is 0.176. The molecule has 0 atom stereocenters. The van der Waals surface area contributed by atoms with Gasteiger partial charge in [0.25, 0.3) is 12.0 Å². The minimum absolute atomic E-state index is 0.0490. The average Bonchev–Trinajstić information content (AvgIpc) is 2.55. The van der Waals surface area contributed by atoms with E-state index in [0.29, 0.717) is 24.5 Å². The molecule has 0 fully saturated rings. The van der Waals surface area contributed by atoms with Gasteiger partial charge in [-0.25, -0.2) is 13.8 Å². The number of fused-ring (bicyclic) bond motifs is 1. The lowest BCUT2D eigenvalue weighted by atomic mass is 10.1. The first-order valence-electron chi connectivity index (χ1n) is 7.21. The summed E-state index contributed by atoms with van der Waals surface area (Å²) in [5, 5.41) is -0.0490. The van der Waals surface area contributed by atoms with Gasteiger partial charge >= 0.3 is 0 Å². The fourth-order valence-corrected chi connectivity index (χ4v) is 2.62. The van der Waals surface area contributed by atoms with Crippen LogP contribution < -0.4 is 11.3 Å². The van der Waals surface area contributed by atoms with Gasteiger partial charge in [-0.05, 0) is 24.7 Å². The predicted molar refractivity (Wildman–Crippen MR) is 85.1 cm³/mol. The number of para-hydroxylation sites is 1. The van der Waals surface area contributed by atoms with Crippen molar-refractivity contribution in [3.63, 3.8) is 0 Å². The summed E-state index contributed by atoms with van der Waals surface area (Å²) in [6.07, 6.45) is -2.36. The normalized spacial score (nSPS) is 11.3. The first-order chi connectivity index (χ1) is 11.1. The standard InChI is InChI=1S/C17H15F2N3O/c18-16(19)12-7-4-8-13-15(12)17(23)22(14(21-13)9-10-20)11-5-2-1-3-6-11/h1-8,16H,9-10,20H2. The summed E-state index contributed by atoms with van der Waals surface area (Å²) < 4.78 is 27.9. The molecule has 4 nitrogen and oxygen atoms in total. The highest BCUT2D eigenvalue weighted by Gasteiger charge is 2.19. The Morgan fingerprint density at radius 3 is 2.48 bits per heavy atom.